The van der Waals surface area contributed by atoms with Crippen molar-refractivity contribution in [3.05, 3.63) is 28.7 Å². The molecule has 0 aliphatic carbocycles. The number of nitrogens with two attached hydrogens (primary N) is 1. The van der Waals surface area contributed by atoms with Gasteiger partial charge in [-0.3, -0.25) is 0 Å². The topological polar surface area (TPSA) is 44.5 Å². The lowest BCUT2D eigenvalue weighted by Crippen LogP contribution is -2.38. The van der Waals surface area contributed by atoms with Crippen LogP contribution < -0.4 is 10.5 Å². The summed E-state index contributed by atoms with van der Waals surface area (Å²) in [5.41, 5.74) is 6.01. The van der Waals surface area contributed by atoms with Crippen molar-refractivity contribution in [2.24, 2.45) is 11.1 Å². The highest BCUT2D eigenvalue weighted by Gasteiger charge is 2.39. The van der Waals surface area contributed by atoms with Gasteiger partial charge in [-0.15, -0.1) is 0 Å². The molecule has 0 amide bonds. The highest BCUT2D eigenvalue weighted by Crippen LogP contribution is 2.37. The lowest BCUT2D eigenvalue weighted by Gasteiger charge is -2.30. The zero-order chi connectivity index (χ0) is 13.0. The minimum atomic E-state index is 0.0926. The number of halogens is 1. The third-order valence-corrected chi connectivity index (χ3v) is 4.45. The molecule has 1 aromatic rings. The quantitative estimate of drug-likeness (QED) is 0.909. The molecule has 1 heterocycles. The van der Waals surface area contributed by atoms with Gasteiger partial charge in [-0.05, 0) is 44.0 Å². The largest absolute Gasteiger partial charge is 0.494 e. The molecule has 1 aliphatic heterocycles. The van der Waals surface area contributed by atoms with Crippen molar-refractivity contribution in [3.8, 4) is 5.75 Å². The van der Waals surface area contributed by atoms with Gasteiger partial charge in [0.15, 0.2) is 0 Å². The summed E-state index contributed by atoms with van der Waals surface area (Å²) in [6.07, 6.45) is 2.21. The van der Waals surface area contributed by atoms with Crippen molar-refractivity contribution in [2.75, 3.05) is 19.8 Å². The average molecular weight is 314 g/mol. The van der Waals surface area contributed by atoms with E-state index in [0.29, 0.717) is 13.2 Å². The van der Waals surface area contributed by atoms with Crippen LogP contribution in [0.15, 0.2) is 28.7 Å². The molecular formula is C14H20BrNO2. The normalized spacial score (nSPS) is 27.4. The van der Waals surface area contributed by atoms with Crippen LogP contribution in [0.5, 0.6) is 5.75 Å². The first-order valence-electron chi connectivity index (χ1n) is 6.36. The van der Waals surface area contributed by atoms with Gasteiger partial charge in [0.05, 0.1) is 12.7 Å². The molecule has 4 heteroatoms. The van der Waals surface area contributed by atoms with E-state index in [1.807, 2.05) is 24.3 Å². The summed E-state index contributed by atoms with van der Waals surface area (Å²) in [5, 5.41) is 0. The molecule has 1 aliphatic rings. The van der Waals surface area contributed by atoms with Crippen molar-refractivity contribution in [1.29, 1.82) is 0 Å². The Morgan fingerprint density at radius 2 is 2.17 bits per heavy atom. The Morgan fingerprint density at radius 1 is 1.44 bits per heavy atom. The van der Waals surface area contributed by atoms with Gasteiger partial charge in [0, 0.05) is 23.0 Å². The van der Waals surface area contributed by atoms with Gasteiger partial charge in [0.25, 0.3) is 0 Å². The van der Waals surface area contributed by atoms with Crippen LogP contribution in [0.3, 0.4) is 0 Å². The van der Waals surface area contributed by atoms with Gasteiger partial charge >= 0.3 is 0 Å². The van der Waals surface area contributed by atoms with Crippen molar-refractivity contribution < 1.29 is 9.47 Å². The van der Waals surface area contributed by atoms with Gasteiger partial charge in [0.2, 0.25) is 0 Å². The molecule has 1 aromatic carbocycles. The fourth-order valence-corrected chi connectivity index (χ4v) is 2.68. The minimum absolute atomic E-state index is 0.0926. The summed E-state index contributed by atoms with van der Waals surface area (Å²) in [7, 11) is 0. The van der Waals surface area contributed by atoms with Crippen LogP contribution in [-0.4, -0.2) is 25.9 Å². The van der Waals surface area contributed by atoms with Crippen LogP contribution in [0.2, 0.25) is 0 Å². The molecule has 18 heavy (non-hydrogen) atoms. The number of rotatable bonds is 5. The van der Waals surface area contributed by atoms with Crippen molar-refractivity contribution in [1.82, 2.24) is 0 Å². The Bertz CT molecular complexity index is 382. The second kappa shape index (κ2) is 6.04. The molecular weight excluding hydrogens is 294 g/mol. The Balaban J connectivity index is 1.86. The first-order chi connectivity index (χ1) is 8.66. The van der Waals surface area contributed by atoms with Crippen LogP contribution in [0, 0.1) is 5.41 Å². The van der Waals surface area contributed by atoms with Crippen molar-refractivity contribution >= 4 is 15.9 Å². The van der Waals surface area contributed by atoms with E-state index in [4.69, 9.17) is 15.2 Å². The summed E-state index contributed by atoms with van der Waals surface area (Å²) in [6.45, 7) is 4.28. The lowest BCUT2D eigenvalue weighted by molar-refractivity contribution is 0.0551. The molecule has 0 aromatic heterocycles. The molecule has 2 N–H and O–H groups in total. The third-order valence-electron chi connectivity index (χ3n) is 3.92. The summed E-state index contributed by atoms with van der Waals surface area (Å²) in [5.74, 6) is 0.900. The summed E-state index contributed by atoms with van der Waals surface area (Å²) >= 11 is 3.41. The monoisotopic (exact) mass is 313 g/mol. The molecule has 3 nitrogen and oxygen atoms in total. The van der Waals surface area contributed by atoms with E-state index in [0.717, 1.165) is 29.7 Å². The number of hydrogen-bond acceptors (Lipinski definition) is 3. The van der Waals surface area contributed by atoms with Gasteiger partial charge in [-0.25, -0.2) is 0 Å². The maximum absolute atomic E-state index is 5.92. The summed E-state index contributed by atoms with van der Waals surface area (Å²) in [6, 6.07) is 7.90. The molecule has 0 saturated carbocycles. The van der Waals surface area contributed by atoms with E-state index in [2.05, 4.69) is 22.9 Å². The molecule has 1 saturated heterocycles. The minimum Gasteiger partial charge on any atom is -0.494 e. The zero-order valence-corrected chi connectivity index (χ0v) is 12.3. The predicted molar refractivity (Wildman–Crippen MR) is 75.8 cm³/mol. The smallest absolute Gasteiger partial charge is 0.119 e. The van der Waals surface area contributed by atoms with Crippen LogP contribution >= 0.6 is 15.9 Å². The Hall–Kier alpha value is -0.580. The first-order valence-corrected chi connectivity index (χ1v) is 7.16. The first kappa shape index (κ1) is 13.8. The molecule has 2 unspecified atom stereocenters. The van der Waals surface area contributed by atoms with Crippen LogP contribution in [0.25, 0.3) is 0 Å². The van der Waals surface area contributed by atoms with Crippen LogP contribution in [-0.2, 0) is 4.74 Å². The zero-order valence-electron chi connectivity index (χ0n) is 10.7. The lowest BCUT2D eigenvalue weighted by atomic mass is 9.79. The molecule has 100 valence electrons. The fourth-order valence-electron chi connectivity index (χ4n) is 2.42. The number of hydrogen-bond donors (Lipinski definition) is 1. The molecule has 1 fully saturated rings. The van der Waals surface area contributed by atoms with E-state index >= 15 is 0 Å². The van der Waals surface area contributed by atoms with E-state index in [1.165, 1.54) is 0 Å². The van der Waals surface area contributed by atoms with E-state index < -0.39 is 0 Å². The Morgan fingerprint density at radius 3 is 2.72 bits per heavy atom. The van der Waals surface area contributed by atoms with Crippen molar-refractivity contribution in [2.45, 2.75) is 25.9 Å². The predicted octanol–water partition coefficient (Wildman–Crippen LogP) is 2.97. The second-order valence-electron chi connectivity index (χ2n) is 4.88. The second-order valence-corrected chi connectivity index (χ2v) is 5.80. The van der Waals surface area contributed by atoms with Crippen LogP contribution in [0.4, 0.5) is 0 Å². The standard InChI is InChI=1S/C14H20BrNO2/c1-11-14(10-16,6-8-17-11)7-9-18-13-4-2-12(15)3-5-13/h2-5,11H,6-10,16H2,1H3. The third kappa shape index (κ3) is 3.05. The molecule has 2 atom stereocenters. The van der Waals surface area contributed by atoms with Gasteiger partial charge < -0.3 is 15.2 Å². The van der Waals surface area contributed by atoms with Crippen LogP contribution in [0.1, 0.15) is 19.8 Å². The molecule has 2 rings (SSSR count). The maximum Gasteiger partial charge on any atom is 0.119 e. The van der Waals surface area contributed by atoms with Gasteiger partial charge in [-0.1, -0.05) is 15.9 Å². The average Bonchev–Trinajstić information content (AvgIpc) is 2.74. The highest BCUT2D eigenvalue weighted by atomic mass is 79.9. The molecule has 0 spiro atoms. The van der Waals surface area contributed by atoms with Gasteiger partial charge in [-0.2, -0.15) is 0 Å². The van der Waals surface area contributed by atoms with E-state index in [9.17, 15) is 0 Å². The van der Waals surface area contributed by atoms with Crippen molar-refractivity contribution in [3.63, 3.8) is 0 Å². The Kier molecular flexibility index (Phi) is 4.65. The number of ether oxygens (including phenoxy) is 2. The molecule has 0 radical (unpaired) electrons. The fraction of sp³-hybridized carbons (Fsp3) is 0.571. The SMILES string of the molecule is CC1OCCC1(CN)CCOc1ccc(Br)cc1. The van der Waals surface area contributed by atoms with Gasteiger partial charge in [0.1, 0.15) is 5.75 Å². The Labute approximate surface area is 117 Å². The van der Waals surface area contributed by atoms with E-state index in [1.54, 1.807) is 0 Å². The molecule has 0 bridgehead atoms. The number of benzene rings is 1. The maximum atomic E-state index is 5.92. The summed E-state index contributed by atoms with van der Waals surface area (Å²) in [4.78, 5) is 0. The van der Waals surface area contributed by atoms with E-state index in [-0.39, 0.29) is 11.5 Å². The summed E-state index contributed by atoms with van der Waals surface area (Å²) < 4.78 is 12.5. The highest BCUT2D eigenvalue weighted by molar-refractivity contribution is 9.10.